The Balaban J connectivity index is 1.78. The summed E-state index contributed by atoms with van der Waals surface area (Å²) in [4.78, 5) is 15.6. The summed E-state index contributed by atoms with van der Waals surface area (Å²) in [6, 6.07) is 11.5. The largest absolute Gasteiger partial charge is 0.415 e. The van der Waals surface area contributed by atoms with E-state index in [2.05, 4.69) is 18.4 Å². The summed E-state index contributed by atoms with van der Waals surface area (Å²) in [5, 5.41) is 2.11. The van der Waals surface area contributed by atoms with Gasteiger partial charge in [0.05, 0.1) is 6.04 Å². The average molecular weight is 287 g/mol. The lowest BCUT2D eigenvalue weighted by molar-refractivity contribution is 0.125. The van der Waals surface area contributed by atoms with Gasteiger partial charge in [-0.2, -0.15) is 0 Å². The van der Waals surface area contributed by atoms with Gasteiger partial charge in [-0.15, -0.1) is 11.3 Å². The maximum absolute atomic E-state index is 12.4. The predicted octanol–water partition coefficient (Wildman–Crippen LogP) is 4.26. The van der Waals surface area contributed by atoms with Crippen molar-refractivity contribution in [3.8, 4) is 5.75 Å². The molecule has 4 heteroatoms. The maximum atomic E-state index is 12.4. The van der Waals surface area contributed by atoms with Crippen molar-refractivity contribution in [2.24, 2.45) is 0 Å². The lowest BCUT2D eigenvalue weighted by atomic mass is 9.98. The number of hydrogen-bond donors (Lipinski definition) is 0. The van der Waals surface area contributed by atoms with Crippen molar-refractivity contribution in [3.63, 3.8) is 0 Å². The van der Waals surface area contributed by atoms with E-state index in [-0.39, 0.29) is 12.1 Å². The van der Waals surface area contributed by atoms with Gasteiger partial charge in [0, 0.05) is 11.4 Å². The fraction of sp³-hybridized carbons (Fsp3) is 0.312. The monoisotopic (exact) mass is 287 g/mol. The number of carbonyl (C=O) groups is 1. The molecule has 0 bridgehead atoms. The lowest BCUT2D eigenvalue weighted by Gasteiger charge is -2.34. The summed E-state index contributed by atoms with van der Waals surface area (Å²) < 4.78 is 5.47. The molecule has 1 aliphatic heterocycles. The molecular formula is C16H17NO2S. The number of ether oxygens (including phenoxy) is 1. The van der Waals surface area contributed by atoms with E-state index < -0.39 is 0 Å². The second kappa shape index (κ2) is 5.67. The van der Waals surface area contributed by atoms with E-state index >= 15 is 0 Å². The van der Waals surface area contributed by atoms with Gasteiger partial charge in [-0.05, 0) is 42.0 Å². The highest BCUT2D eigenvalue weighted by Crippen LogP contribution is 2.35. The van der Waals surface area contributed by atoms with Crippen LogP contribution in [-0.2, 0) is 6.42 Å². The molecule has 1 atom stereocenters. The Kier molecular flexibility index (Phi) is 3.74. The molecule has 1 aliphatic rings. The standard InChI is InChI=1S/C16H17NO2S/c1-2-14-13-9-11-20-15(13)8-10-17(14)16(18)19-12-6-4-3-5-7-12/h3-7,9,11,14H,2,8,10H2,1H3. The van der Waals surface area contributed by atoms with E-state index in [4.69, 9.17) is 4.74 Å². The molecular weight excluding hydrogens is 270 g/mol. The first kappa shape index (κ1) is 13.2. The van der Waals surface area contributed by atoms with Crippen molar-refractivity contribution in [1.82, 2.24) is 4.90 Å². The molecule has 0 fully saturated rings. The van der Waals surface area contributed by atoms with Crippen LogP contribution in [0.25, 0.3) is 0 Å². The molecule has 3 rings (SSSR count). The summed E-state index contributed by atoms with van der Waals surface area (Å²) in [7, 11) is 0. The van der Waals surface area contributed by atoms with Gasteiger partial charge in [0.15, 0.2) is 0 Å². The second-order valence-electron chi connectivity index (χ2n) is 4.85. The molecule has 1 aromatic heterocycles. The summed E-state index contributed by atoms with van der Waals surface area (Å²) in [6.45, 7) is 2.85. The van der Waals surface area contributed by atoms with E-state index in [1.165, 1.54) is 10.4 Å². The van der Waals surface area contributed by atoms with E-state index in [9.17, 15) is 4.79 Å². The van der Waals surface area contributed by atoms with Gasteiger partial charge < -0.3 is 9.64 Å². The molecule has 0 saturated heterocycles. The van der Waals surface area contributed by atoms with E-state index in [1.54, 1.807) is 23.5 Å². The van der Waals surface area contributed by atoms with Crippen molar-refractivity contribution in [2.75, 3.05) is 6.54 Å². The number of para-hydroxylation sites is 1. The van der Waals surface area contributed by atoms with Crippen LogP contribution in [0.2, 0.25) is 0 Å². The van der Waals surface area contributed by atoms with E-state index in [0.29, 0.717) is 5.75 Å². The van der Waals surface area contributed by atoms with Crippen LogP contribution in [0.1, 0.15) is 29.8 Å². The molecule has 1 aromatic carbocycles. The van der Waals surface area contributed by atoms with Crippen molar-refractivity contribution in [2.45, 2.75) is 25.8 Å². The molecule has 0 radical (unpaired) electrons. The number of nitrogens with zero attached hydrogens (tertiary/aromatic N) is 1. The first-order valence-electron chi connectivity index (χ1n) is 6.89. The minimum atomic E-state index is -0.250. The molecule has 3 nitrogen and oxygen atoms in total. The Hall–Kier alpha value is -1.81. The first-order valence-corrected chi connectivity index (χ1v) is 7.77. The van der Waals surface area contributed by atoms with Crippen molar-refractivity contribution in [3.05, 3.63) is 52.2 Å². The third-order valence-electron chi connectivity index (χ3n) is 3.66. The average Bonchev–Trinajstić information content (AvgIpc) is 2.95. The number of amides is 1. The molecule has 0 saturated carbocycles. The number of fused-ring (bicyclic) bond motifs is 1. The van der Waals surface area contributed by atoms with Crippen LogP contribution in [0.4, 0.5) is 4.79 Å². The van der Waals surface area contributed by atoms with Gasteiger partial charge in [0.2, 0.25) is 0 Å². The van der Waals surface area contributed by atoms with Gasteiger partial charge in [0.1, 0.15) is 5.75 Å². The molecule has 1 unspecified atom stereocenters. The van der Waals surface area contributed by atoms with Crippen molar-refractivity contribution < 1.29 is 9.53 Å². The Morgan fingerprint density at radius 2 is 2.15 bits per heavy atom. The highest BCUT2D eigenvalue weighted by atomic mass is 32.1. The van der Waals surface area contributed by atoms with Crippen LogP contribution in [0.5, 0.6) is 5.75 Å². The van der Waals surface area contributed by atoms with Crippen LogP contribution in [0.3, 0.4) is 0 Å². The van der Waals surface area contributed by atoms with Gasteiger partial charge >= 0.3 is 6.09 Å². The molecule has 2 heterocycles. The zero-order valence-corrected chi connectivity index (χ0v) is 12.2. The minimum Gasteiger partial charge on any atom is -0.410 e. The summed E-state index contributed by atoms with van der Waals surface area (Å²) >= 11 is 1.78. The highest BCUT2D eigenvalue weighted by Gasteiger charge is 2.31. The zero-order valence-electron chi connectivity index (χ0n) is 11.4. The normalized spacial score (nSPS) is 17.6. The topological polar surface area (TPSA) is 29.5 Å². The molecule has 2 aromatic rings. The van der Waals surface area contributed by atoms with Gasteiger partial charge in [-0.25, -0.2) is 4.79 Å². The number of benzene rings is 1. The molecule has 0 spiro atoms. The fourth-order valence-electron chi connectivity index (χ4n) is 2.70. The number of thiophene rings is 1. The van der Waals surface area contributed by atoms with Crippen molar-refractivity contribution in [1.29, 1.82) is 0 Å². The second-order valence-corrected chi connectivity index (χ2v) is 5.85. The highest BCUT2D eigenvalue weighted by molar-refractivity contribution is 7.10. The van der Waals surface area contributed by atoms with Gasteiger partial charge in [-0.1, -0.05) is 25.1 Å². The number of hydrogen-bond acceptors (Lipinski definition) is 3. The zero-order chi connectivity index (χ0) is 13.9. The Morgan fingerprint density at radius 3 is 2.90 bits per heavy atom. The smallest absolute Gasteiger partial charge is 0.410 e. The SMILES string of the molecule is CCC1c2ccsc2CCN1C(=O)Oc1ccccc1. The van der Waals surface area contributed by atoms with Crippen LogP contribution in [-0.4, -0.2) is 17.5 Å². The van der Waals surface area contributed by atoms with E-state index in [0.717, 1.165) is 19.4 Å². The molecule has 20 heavy (non-hydrogen) atoms. The number of carbonyl (C=O) groups excluding carboxylic acids is 1. The molecule has 0 N–H and O–H groups in total. The first-order chi connectivity index (χ1) is 9.79. The molecule has 0 aliphatic carbocycles. The molecule has 104 valence electrons. The third kappa shape index (κ3) is 2.43. The summed E-state index contributed by atoms with van der Waals surface area (Å²) in [5.41, 5.74) is 1.29. The Morgan fingerprint density at radius 1 is 1.35 bits per heavy atom. The maximum Gasteiger partial charge on any atom is 0.415 e. The predicted molar refractivity (Wildman–Crippen MR) is 80.2 cm³/mol. The van der Waals surface area contributed by atoms with Crippen LogP contribution in [0.15, 0.2) is 41.8 Å². The van der Waals surface area contributed by atoms with Crippen LogP contribution < -0.4 is 4.74 Å². The number of rotatable bonds is 2. The van der Waals surface area contributed by atoms with Gasteiger partial charge in [-0.3, -0.25) is 0 Å². The summed E-state index contributed by atoms with van der Waals surface area (Å²) in [5.74, 6) is 0.600. The Bertz CT molecular complexity index is 594. The van der Waals surface area contributed by atoms with Crippen molar-refractivity contribution >= 4 is 17.4 Å². The van der Waals surface area contributed by atoms with E-state index in [1.807, 2.05) is 23.1 Å². The quantitative estimate of drug-likeness (QED) is 0.826. The summed E-state index contributed by atoms with van der Waals surface area (Å²) in [6.07, 6.45) is 1.58. The van der Waals surface area contributed by atoms with Gasteiger partial charge in [0.25, 0.3) is 0 Å². The third-order valence-corrected chi connectivity index (χ3v) is 4.66. The lowest BCUT2D eigenvalue weighted by Crippen LogP contribution is -2.40. The molecule has 1 amide bonds. The van der Waals surface area contributed by atoms with Crippen LogP contribution >= 0.6 is 11.3 Å². The minimum absolute atomic E-state index is 0.140. The Labute approximate surface area is 122 Å². The van der Waals surface area contributed by atoms with Crippen LogP contribution in [0, 0.1) is 0 Å². The fourth-order valence-corrected chi connectivity index (χ4v) is 3.63.